The molecule has 0 saturated heterocycles. The van der Waals surface area contributed by atoms with Crippen molar-refractivity contribution in [3.8, 4) is 0 Å². The molecule has 5 heteroatoms. The molecule has 0 fully saturated rings. The van der Waals surface area contributed by atoms with Crippen molar-refractivity contribution in [2.24, 2.45) is 0 Å². The van der Waals surface area contributed by atoms with Crippen LogP contribution in [0.5, 0.6) is 0 Å². The quantitative estimate of drug-likeness (QED) is 0.491. The standard InChI is InChI=1S/C20H21F2N3/c1-13(19-12-25-20-11-15(22)5-6-18(19)20)9-16(23)7-8-24-17-4-2-3-14(21)10-17/h2-6,10-13,23-25H,7-9H2,1H3. The van der Waals surface area contributed by atoms with E-state index in [1.54, 1.807) is 18.2 Å². The predicted molar refractivity (Wildman–Crippen MR) is 98.5 cm³/mol. The van der Waals surface area contributed by atoms with E-state index in [0.29, 0.717) is 25.1 Å². The highest BCUT2D eigenvalue weighted by molar-refractivity contribution is 5.86. The number of rotatable bonds is 7. The van der Waals surface area contributed by atoms with Crippen molar-refractivity contribution in [3.63, 3.8) is 0 Å². The van der Waals surface area contributed by atoms with Crippen molar-refractivity contribution in [1.82, 2.24) is 4.98 Å². The van der Waals surface area contributed by atoms with Gasteiger partial charge in [-0.2, -0.15) is 0 Å². The number of fused-ring (bicyclic) bond motifs is 1. The summed E-state index contributed by atoms with van der Waals surface area (Å²) in [5, 5.41) is 12.3. The lowest BCUT2D eigenvalue weighted by Crippen LogP contribution is -2.10. The van der Waals surface area contributed by atoms with Gasteiger partial charge >= 0.3 is 0 Å². The Hall–Kier alpha value is -2.69. The van der Waals surface area contributed by atoms with Crippen molar-refractivity contribution < 1.29 is 8.78 Å². The second kappa shape index (κ2) is 7.47. The van der Waals surface area contributed by atoms with Crippen molar-refractivity contribution in [3.05, 3.63) is 65.9 Å². The van der Waals surface area contributed by atoms with Crippen molar-refractivity contribution in [2.75, 3.05) is 11.9 Å². The minimum Gasteiger partial charge on any atom is -0.385 e. The van der Waals surface area contributed by atoms with Crippen LogP contribution in [0.2, 0.25) is 0 Å². The van der Waals surface area contributed by atoms with Gasteiger partial charge in [-0.25, -0.2) is 8.78 Å². The Kier molecular flexibility index (Phi) is 5.12. The highest BCUT2D eigenvalue weighted by atomic mass is 19.1. The topological polar surface area (TPSA) is 51.7 Å². The normalized spacial score (nSPS) is 12.3. The van der Waals surface area contributed by atoms with Gasteiger partial charge in [-0.05, 0) is 54.3 Å². The summed E-state index contributed by atoms with van der Waals surface area (Å²) < 4.78 is 26.4. The van der Waals surface area contributed by atoms with Crippen LogP contribution in [0.15, 0.2) is 48.7 Å². The Labute approximate surface area is 145 Å². The first-order chi connectivity index (χ1) is 12.0. The molecule has 0 aliphatic heterocycles. The van der Waals surface area contributed by atoms with Gasteiger partial charge in [0.05, 0.1) is 0 Å². The first-order valence-electron chi connectivity index (χ1n) is 8.35. The van der Waals surface area contributed by atoms with Gasteiger partial charge in [0.2, 0.25) is 0 Å². The molecule has 0 saturated carbocycles. The number of hydrogen-bond donors (Lipinski definition) is 3. The molecule has 1 atom stereocenters. The molecule has 2 aromatic carbocycles. The molecule has 1 heterocycles. The van der Waals surface area contributed by atoms with Gasteiger partial charge in [-0.1, -0.05) is 13.0 Å². The summed E-state index contributed by atoms with van der Waals surface area (Å²) in [6.45, 7) is 2.66. The van der Waals surface area contributed by atoms with Crippen LogP contribution in [-0.4, -0.2) is 17.2 Å². The first kappa shape index (κ1) is 17.1. The maximum absolute atomic E-state index is 13.3. The minimum absolute atomic E-state index is 0.167. The molecule has 3 rings (SSSR count). The SMILES string of the molecule is CC(CC(=N)CCNc1cccc(F)c1)c1c[nH]c2cc(F)ccc12. The van der Waals surface area contributed by atoms with Crippen molar-refractivity contribution in [2.45, 2.75) is 25.7 Å². The van der Waals surface area contributed by atoms with Crippen LogP contribution in [0.1, 0.15) is 31.2 Å². The molecule has 3 nitrogen and oxygen atoms in total. The molecule has 130 valence electrons. The average Bonchev–Trinajstić information content (AvgIpc) is 2.98. The maximum atomic E-state index is 13.3. The zero-order chi connectivity index (χ0) is 17.8. The largest absolute Gasteiger partial charge is 0.385 e. The number of aromatic nitrogens is 1. The molecule has 3 N–H and O–H groups in total. The predicted octanol–water partition coefficient (Wildman–Crippen LogP) is 5.46. The second-order valence-electron chi connectivity index (χ2n) is 6.33. The summed E-state index contributed by atoms with van der Waals surface area (Å²) in [5.41, 5.74) is 3.23. The monoisotopic (exact) mass is 341 g/mol. The fourth-order valence-electron chi connectivity index (χ4n) is 3.07. The van der Waals surface area contributed by atoms with E-state index in [-0.39, 0.29) is 17.6 Å². The highest BCUT2D eigenvalue weighted by Gasteiger charge is 2.13. The van der Waals surface area contributed by atoms with E-state index in [2.05, 4.69) is 17.2 Å². The summed E-state index contributed by atoms with van der Waals surface area (Å²) in [7, 11) is 0. The smallest absolute Gasteiger partial charge is 0.125 e. The molecular weight excluding hydrogens is 320 g/mol. The molecule has 1 aromatic heterocycles. The molecule has 0 radical (unpaired) electrons. The molecule has 0 aliphatic carbocycles. The molecular formula is C20H21F2N3. The summed E-state index contributed by atoms with van der Waals surface area (Å²) in [6, 6.07) is 11.0. The molecule has 0 aliphatic rings. The highest BCUT2D eigenvalue weighted by Crippen LogP contribution is 2.28. The number of aromatic amines is 1. The number of halogens is 2. The van der Waals surface area contributed by atoms with E-state index in [1.807, 2.05) is 6.20 Å². The van der Waals surface area contributed by atoms with Crippen LogP contribution in [0, 0.1) is 17.0 Å². The molecule has 3 aromatic rings. The van der Waals surface area contributed by atoms with E-state index in [4.69, 9.17) is 5.41 Å². The van der Waals surface area contributed by atoms with Gasteiger partial charge in [0, 0.05) is 41.5 Å². The van der Waals surface area contributed by atoms with E-state index in [9.17, 15) is 8.78 Å². The Morgan fingerprint density at radius 1 is 1.16 bits per heavy atom. The van der Waals surface area contributed by atoms with Crippen LogP contribution >= 0.6 is 0 Å². The second-order valence-corrected chi connectivity index (χ2v) is 6.33. The van der Waals surface area contributed by atoms with E-state index in [1.165, 1.54) is 24.3 Å². The summed E-state index contributed by atoms with van der Waals surface area (Å²) in [5.74, 6) is -0.366. The molecule has 0 bridgehead atoms. The number of benzene rings is 2. The van der Waals surface area contributed by atoms with Crippen LogP contribution in [-0.2, 0) is 0 Å². The van der Waals surface area contributed by atoms with Gasteiger partial charge in [0.1, 0.15) is 11.6 Å². The Balaban J connectivity index is 1.55. The first-order valence-corrected chi connectivity index (χ1v) is 8.35. The zero-order valence-corrected chi connectivity index (χ0v) is 14.1. The maximum Gasteiger partial charge on any atom is 0.125 e. The molecule has 0 spiro atoms. The van der Waals surface area contributed by atoms with Gasteiger partial charge in [-0.15, -0.1) is 0 Å². The minimum atomic E-state index is -0.274. The van der Waals surface area contributed by atoms with Gasteiger partial charge in [0.25, 0.3) is 0 Å². The fourth-order valence-corrected chi connectivity index (χ4v) is 3.07. The molecule has 25 heavy (non-hydrogen) atoms. The van der Waals surface area contributed by atoms with Crippen molar-refractivity contribution in [1.29, 1.82) is 5.41 Å². The third-order valence-corrected chi connectivity index (χ3v) is 4.34. The van der Waals surface area contributed by atoms with E-state index in [0.717, 1.165) is 22.2 Å². The summed E-state index contributed by atoms with van der Waals surface area (Å²) in [6.07, 6.45) is 3.13. The number of H-pyrrole nitrogens is 1. The van der Waals surface area contributed by atoms with Gasteiger partial charge in [0.15, 0.2) is 0 Å². The van der Waals surface area contributed by atoms with Gasteiger partial charge < -0.3 is 15.7 Å². The Bertz CT molecular complexity index is 886. The average molecular weight is 341 g/mol. The number of nitrogens with one attached hydrogen (secondary N) is 3. The van der Waals surface area contributed by atoms with Crippen LogP contribution < -0.4 is 5.32 Å². The number of hydrogen-bond acceptors (Lipinski definition) is 2. The van der Waals surface area contributed by atoms with Gasteiger partial charge in [-0.3, -0.25) is 0 Å². The Morgan fingerprint density at radius 2 is 1.96 bits per heavy atom. The van der Waals surface area contributed by atoms with E-state index < -0.39 is 0 Å². The fraction of sp³-hybridized carbons (Fsp3) is 0.250. The lowest BCUT2D eigenvalue weighted by Gasteiger charge is -2.13. The van der Waals surface area contributed by atoms with Crippen LogP contribution in [0.25, 0.3) is 10.9 Å². The van der Waals surface area contributed by atoms with Crippen LogP contribution in [0.3, 0.4) is 0 Å². The molecule has 1 unspecified atom stereocenters. The lowest BCUT2D eigenvalue weighted by molar-refractivity contribution is 0.628. The summed E-state index contributed by atoms with van der Waals surface area (Å²) in [4.78, 5) is 3.09. The van der Waals surface area contributed by atoms with Crippen LogP contribution in [0.4, 0.5) is 14.5 Å². The lowest BCUT2D eigenvalue weighted by atomic mass is 9.94. The third kappa shape index (κ3) is 4.24. The van der Waals surface area contributed by atoms with Crippen molar-refractivity contribution >= 4 is 22.3 Å². The zero-order valence-electron chi connectivity index (χ0n) is 14.1. The Morgan fingerprint density at radius 3 is 2.76 bits per heavy atom. The molecule has 0 amide bonds. The van der Waals surface area contributed by atoms with E-state index >= 15 is 0 Å². The number of anilines is 1. The summed E-state index contributed by atoms with van der Waals surface area (Å²) >= 11 is 0. The third-order valence-electron chi connectivity index (χ3n) is 4.34.